The topological polar surface area (TPSA) is 87.5 Å². The Hall–Kier alpha value is -1.48. The van der Waals surface area contributed by atoms with Crippen LogP contribution in [0.15, 0.2) is 12.3 Å². The molecular weight excluding hydrogens is 353 g/mol. The Morgan fingerprint density at radius 3 is 2.79 bits per heavy atom. The second kappa shape index (κ2) is 9.73. The summed E-state index contributed by atoms with van der Waals surface area (Å²) in [7, 11) is 0. The van der Waals surface area contributed by atoms with E-state index in [9.17, 15) is 4.79 Å². The molecule has 0 bridgehead atoms. The first-order chi connectivity index (χ1) is 10.7. The Morgan fingerprint density at radius 2 is 2.08 bits per heavy atom. The number of carbonyl (C=O) groups is 1. The van der Waals surface area contributed by atoms with Crippen molar-refractivity contribution in [1.82, 2.24) is 35.1 Å². The Morgan fingerprint density at radius 1 is 1.33 bits per heavy atom. The zero-order chi connectivity index (χ0) is 15.4. The van der Waals surface area contributed by atoms with Crippen LogP contribution >= 0.6 is 24.8 Å². The summed E-state index contributed by atoms with van der Waals surface area (Å²) in [5.41, 5.74) is 0.898. The van der Waals surface area contributed by atoms with E-state index in [0.717, 1.165) is 44.8 Å². The Labute approximate surface area is 153 Å². The van der Waals surface area contributed by atoms with Crippen LogP contribution in [0.4, 0.5) is 0 Å². The van der Waals surface area contributed by atoms with Gasteiger partial charge in [0.15, 0.2) is 0 Å². The van der Waals surface area contributed by atoms with Gasteiger partial charge in [-0.2, -0.15) is 4.98 Å². The second-order valence-corrected chi connectivity index (χ2v) is 5.43. The lowest BCUT2D eigenvalue weighted by molar-refractivity contribution is 0.0941. The van der Waals surface area contributed by atoms with Gasteiger partial charge in [0.2, 0.25) is 5.82 Å². The molecule has 2 aromatic rings. The number of piperazine rings is 1. The van der Waals surface area contributed by atoms with Crippen molar-refractivity contribution in [3.8, 4) is 0 Å². The third-order valence-electron chi connectivity index (χ3n) is 3.78. The van der Waals surface area contributed by atoms with E-state index < -0.39 is 0 Å². The van der Waals surface area contributed by atoms with E-state index >= 15 is 0 Å². The molecule has 8 nitrogen and oxygen atoms in total. The highest BCUT2D eigenvalue weighted by Crippen LogP contribution is 2.01. The molecule has 134 valence electrons. The number of carbonyl (C=O) groups excluding carboxylic acids is 1. The van der Waals surface area contributed by atoms with Crippen molar-refractivity contribution in [2.75, 3.05) is 39.3 Å². The SMILES string of the molecule is Cc1ccnc2nc(C(=O)NCCCN3CCNCC3)nn12.Cl.Cl. The predicted molar refractivity (Wildman–Crippen MR) is 96.3 cm³/mol. The maximum atomic E-state index is 12.1. The number of nitrogens with one attached hydrogen (secondary N) is 2. The van der Waals surface area contributed by atoms with Gasteiger partial charge in [-0.15, -0.1) is 29.9 Å². The summed E-state index contributed by atoms with van der Waals surface area (Å²) in [6.45, 7) is 7.78. The van der Waals surface area contributed by atoms with Crippen molar-refractivity contribution < 1.29 is 4.79 Å². The number of amides is 1. The number of nitrogens with zero attached hydrogens (tertiary/aromatic N) is 5. The molecule has 1 aliphatic rings. The Kier molecular flexibility index (Phi) is 8.34. The molecule has 0 spiro atoms. The smallest absolute Gasteiger partial charge is 0.291 e. The molecule has 24 heavy (non-hydrogen) atoms. The standard InChI is InChI=1S/C14H21N7O.2ClH/c1-11-3-5-17-14-18-12(19-21(11)14)13(22)16-4-2-8-20-9-6-15-7-10-20;;/h3,5,15H,2,4,6-10H2,1H3,(H,16,22);2*1H. The largest absolute Gasteiger partial charge is 0.349 e. The molecule has 3 rings (SSSR count). The third kappa shape index (κ3) is 5.01. The van der Waals surface area contributed by atoms with Crippen LogP contribution in [0.2, 0.25) is 0 Å². The van der Waals surface area contributed by atoms with Gasteiger partial charge in [-0.3, -0.25) is 4.79 Å². The van der Waals surface area contributed by atoms with Crippen LogP contribution in [0.3, 0.4) is 0 Å². The van der Waals surface area contributed by atoms with Crippen LogP contribution in [-0.4, -0.2) is 69.7 Å². The summed E-state index contributed by atoms with van der Waals surface area (Å²) in [4.78, 5) is 22.7. The summed E-state index contributed by atoms with van der Waals surface area (Å²) in [5.74, 6) is 0.375. The number of aromatic nitrogens is 4. The van der Waals surface area contributed by atoms with Gasteiger partial charge in [-0.05, 0) is 26.0 Å². The minimum absolute atomic E-state index is 0. The van der Waals surface area contributed by atoms with E-state index in [4.69, 9.17) is 0 Å². The molecular formula is C14H23Cl2N7O. The zero-order valence-corrected chi connectivity index (χ0v) is 15.2. The summed E-state index contributed by atoms with van der Waals surface area (Å²) >= 11 is 0. The molecule has 0 unspecified atom stereocenters. The Bertz CT molecular complexity index is 658. The molecule has 1 amide bonds. The zero-order valence-electron chi connectivity index (χ0n) is 13.6. The fourth-order valence-electron chi connectivity index (χ4n) is 2.52. The molecule has 2 N–H and O–H groups in total. The maximum Gasteiger partial charge on any atom is 0.291 e. The van der Waals surface area contributed by atoms with Gasteiger partial charge >= 0.3 is 0 Å². The molecule has 0 aromatic carbocycles. The lowest BCUT2D eigenvalue weighted by Gasteiger charge is -2.26. The van der Waals surface area contributed by atoms with Gasteiger partial charge in [-0.25, -0.2) is 9.50 Å². The number of rotatable bonds is 5. The van der Waals surface area contributed by atoms with Gasteiger partial charge in [0, 0.05) is 44.6 Å². The average molecular weight is 376 g/mol. The number of halogens is 2. The normalized spacial score (nSPS) is 14.7. The van der Waals surface area contributed by atoms with Crippen molar-refractivity contribution in [2.45, 2.75) is 13.3 Å². The highest BCUT2D eigenvalue weighted by Gasteiger charge is 2.14. The first-order valence-corrected chi connectivity index (χ1v) is 7.64. The van der Waals surface area contributed by atoms with Crippen LogP contribution in [-0.2, 0) is 0 Å². The van der Waals surface area contributed by atoms with E-state index in [1.54, 1.807) is 10.7 Å². The van der Waals surface area contributed by atoms with Gasteiger partial charge in [0.25, 0.3) is 11.7 Å². The van der Waals surface area contributed by atoms with E-state index in [1.807, 2.05) is 13.0 Å². The molecule has 0 saturated carbocycles. The lowest BCUT2D eigenvalue weighted by atomic mass is 10.3. The molecule has 0 aliphatic carbocycles. The highest BCUT2D eigenvalue weighted by molar-refractivity contribution is 5.90. The minimum Gasteiger partial charge on any atom is -0.349 e. The molecule has 10 heteroatoms. The molecule has 1 aliphatic heterocycles. The number of fused-ring (bicyclic) bond motifs is 1. The van der Waals surface area contributed by atoms with E-state index in [0.29, 0.717) is 12.3 Å². The summed E-state index contributed by atoms with van der Waals surface area (Å²) in [6.07, 6.45) is 2.59. The van der Waals surface area contributed by atoms with Crippen molar-refractivity contribution in [1.29, 1.82) is 0 Å². The van der Waals surface area contributed by atoms with Crippen molar-refractivity contribution in [3.05, 3.63) is 23.8 Å². The van der Waals surface area contributed by atoms with E-state index in [-0.39, 0.29) is 36.5 Å². The predicted octanol–water partition coefficient (Wildman–Crippen LogP) is 0.301. The van der Waals surface area contributed by atoms with E-state index in [2.05, 4.69) is 30.6 Å². The molecule has 1 fully saturated rings. The van der Waals surface area contributed by atoms with Crippen molar-refractivity contribution in [2.24, 2.45) is 0 Å². The van der Waals surface area contributed by atoms with Gasteiger partial charge in [0.05, 0.1) is 0 Å². The van der Waals surface area contributed by atoms with Crippen LogP contribution in [0.5, 0.6) is 0 Å². The molecule has 3 heterocycles. The minimum atomic E-state index is -0.245. The quantitative estimate of drug-likeness (QED) is 0.730. The van der Waals surface area contributed by atoms with Crippen molar-refractivity contribution >= 4 is 36.5 Å². The number of hydrogen-bond acceptors (Lipinski definition) is 6. The first-order valence-electron chi connectivity index (χ1n) is 7.64. The maximum absolute atomic E-state index is 12.1. The summed E-state index contributed by atoms with van der Waals surface area (Å²) < 4.78 is 1.58. The summed E-state index contributed by atoms with van der Waals surface area (Å²) in [6, 6.07) is 1.83. The van der Waals surface area contributed by atoms with Gasteiger partial charge in [0.1, 0.15) is 0 Å². The fraction of sp³-hybridized carbons (Fsp3) is 0.571. The summed E-state index contributed by atoms with van der Waals surface area (Å²) in [5, 5.41) is 10.4. The third-order valence-corrected chi connectivity index (χ3v) is 3.78. The van der Waals surface area contributed by atoms with Gasteiger partial charge in [-0.1, -0.05) is 0 Å². The van der Waals surface area contributed by atoms with Crippen LogP contribution < -0.4 is 10.6 Å². The Balaban J connectivity index is 0.00000144. The number of aryl methyl sites for hydroxylation is 1. The second-order valence-electron chi connectivity index (χ2n) is 5.43. The highest BCUT2D eigenvalue weighted by atomic mass is 35.5. The molecule has 1 saturated heterocycles. The monoisotopic (exact) mass is 375 g/mol. The molecule has 0 atom stereocenters. The fourth-order valence-corrected chi connectivity index (χ4v) is 2.52. The van der Waals surface area contributed by atoms with Crippen molar-refractivity contribution in [3.63, 3.8) is 0 Å². The molecule has 0 radical (unpaired) electrons. The number of hydrogen-bond donors (Lipinski definition) is 2. The van der Waals surface area contributed by atoms with Gasteiger partial charge < -0.3 is 15.5 Å². The van der Waals surface area contributed by atoms with Crippen LogP contribution in [0.1, 0.15) is 22.7 Å². The lowest BCUT2D eigenvalue weighted by Crippen LogP contribution is -2.44. The molecule has 2 aromatic heterocycles. The van der Waals surface area contributed by atoms with Crippen LogP contribution in [0, 0.1) is 6.92 Å². The first kappa shape index (κ1) is 20.6. The average Bonchev–Trinajstić information content (AvgIpc) is 2.98. The van der Waals surface area contributed by atoms with Crippen LogP contribution in [0.25, 0.3) is 5.78 Å². The van der Waals surface area contributed by atoms with E-state index in [1.165, 1.54) is 0 Å².